The van der Waals surface area contributed by atoms with E-state index in [9.17, 15) is 0 Å². The fourth-order valence-corrected chi connectivity index (χ4v) is 2.77. The van der Waals surface area contributed by atoms with Crippen LogP contribution in [0, 0.1) is 17.8 Å². The molecule has 2 aliphatic rings. The summed E-state index contributed by atoms with van der Waals surface area (Å²) in [5, 5.41) is 0. The Morgan fingerprint density at radius 3 is 2.50 bits per heavy atom. The molecule has 0 spiro atoms. The van der Waals surface area contributed by atoms with Gasteiger partial charge < -0.3 is 0 Å². The van der Waals surface area contributed by atoms with Gasteiger partial charge in [-0.1, -0.05) is 36.4 Å². The van der Waals surface area contributed by atoms with Crippen molar-refractivity contribution in [2.24, 2.45) is 17.8 Å². The molecule has 2 fully saturated rings. The fraction of sp³-hybridized carbons (Fsp3) is 0.429. The lowest BCUT2D eigenvalue weighted by atomic mass is 10.1. The van der Waals surface area contributed by atoms with Crippen LogP contribution in [0.1, 0.15) is 24.3 Å². The summed E-state index contributed by atoms with van der Waals surface area (Å²) in [6.45, 7) is 3.88. The van der Waals surface area contributed by atoms with E-state index in [1.807, 2.05) is 0 Å². The zero-order valence-electron chi connectivity index (χ0n) is 8.39. The van der Waals surface area contributed by atoms with Crippen molar-refractivity contribution in [3.8, 4) is 0 Å². The van der Waals surface area contributed by atoms with Gasteiger partial charge in [0, 0.05) is 0 Å². The van der Waals surface area contributed by atoms with Gasteiger partial charge in [0.15, 0.2) is 0 Å². The van der Waals surface area contributed by atoms with Gasteiger partial charge in [-0.2, -0.15) is 0 Å². The topological polar surface area (TPSA) is 0 Å². The summed E-state index contributed by atoms with van der Waals surface area (Å²) in [4.78, 5) is 0. The van der Waals surface area contributed by atoms with Crippen LogP contribution < -0.4 is 0 Å². The maximum atomic E-state index is 3.88. The molecule has 2 aliphatic carbocycles. The van der Waals surface area contributed by atoms with Crippen molar-refractivity contribution in [1.82, 2.24) is 0 Å². The summed E-state index contributed by atoms with van der Waals surface area (Å²) in [5.41, 5.74) is 1.55. The van der Waals surface area contributed by atoms with Crippen molar-refractivity contribution >= 4 is 0 Å². The molecule has 0 aliphatic heterocycles. The van der Waals surface area contributed by atoms with Crippen molar-refractivity contribution in [2.45, 2.75) is 18.8 Å². The molecule has 14 heavy (non-hydrogen) atoms. The lowest BCUT2D eigenvalue weighted by Gasteiger charge is -1.98. The van der Waals surface area contributed by atoms with Gasteiger partial charge in [-0.3, -0.25) is 0 Å². The summed E-state index contributed by atoms with van der Waals surface area (Å²) < 4.78 is 0. The minimum Gasteiger partial charge on any atom is -0.103 e. The molecular formula is C14H16. The van der Waals surface area contributed by atoms with E-state index in [4.69, 9.17) is 0 Å². The molecule has 0 amide bonds. The Bertz CT molecular complexity index is 338. The summed E-state index contributed by atoms with van der Waals surface area (Å²) in [5.74, 6) is 3.65. The second-order valence-electron chi connectivity index (χ2n) is 4.72. The average Bonchev–Trinajstić information content (AvgIpc) is 3.12. The molecule has 0 nitrogen and oxygen atoms in total. The zero-order valence-corrected chi connectivity index (χ0v) is 8.39. The van der Waals surface area contributed by atoms with Crippen molar-refractivity contribution in [2.75, 3.05) is 0 Å². The highest BCUT2D eigenvalue weighted by molar-refractivity contribution is 5.27. The molecule has 3 rings (SSSR count). The Kier molecular flexibility index (Phi) is 1.76. The first-order valence-electron chi connectivity index (χ1n) is 5.57. The first-order valence-corrected chi connectivity index (χ1v) is 5.57. The quantitative estimate of drug-likeness (QED) is 0.629. The lowest BCUT2D eigenvalue weighted by Crippen LogP contribution is -1.86. The predicted octanol–water partition coefficient (Wildman–Crippen LogP) is 3.61. The van der Waals surface area contributed by atoms with Crippen LogP contribution in [0.2, 0.25) is 0 Å². The third kappa shape index (κ3) is 1.30. The minimum absolute atomic E-state index is 0.841. The fourth-order valence-electron chi connectivity index (χ4n) is 2.77. The molecule has 0 N–H and O–H groups in total. The van der Waals surface area contributed by atoms with Gasteiger partial charge in [0.25, 0.3) is 0 Å². The molecule has 0 heterocycles. The van der Waals surface area contributed by atoms with Crippen LogP contribution in [0.4, 0.5) is 0 Å². The number of rotatable bonds is 3. The van der Waals surface area contributed by atoms with Gasteiger partial charge in [0.1, 0.15) is 0 Å². The van der Waals surface area contributed by atoms with Crippen molar-refractivity contribution in [3.05, 3.63) is 48.6 Å². The van der Waals surface area contributed by atoms with Gasteiger partial charge in [-0.05, 0) is 42.1 Å². The number of hydrogen-bond donors (Lipinski definition) is 0. The molecule has 0 aromatic heterocycles. The first-order chi connectivity index (χ1) is 6.90. The predicted molar refractivity (Wildman–Crippen MR) is 59.1 cm³/mol. The molecule has 0 heteroatoms. The van der Waals surface area contributed by atoms with Crippen molar-refractivity contribution < 1.29 is 0 Å². The Hall–Kier alpha value is -1.04. The smallest absolute Gasteiger partial charge is 0.0128 e. The standard InChI is InChI=1S/C14H16/c1-2-10-8-12(10)14-9-13(14)11-6-4-3-5-7-11/h2-7,10,12-14H,1,8-9H2/t10-,12-,13+,14?/m1/s1. The maximum Gasteiger partial charge on any atom is -0.0128 e. The largest absolute Gasteiger partial charge is 0.103 e. The molecule has 0 radical (unpaired) electrons. The minimum atomic E-state index is 0.841. The molecule has 2 saturated carbocycles. The number of benzene rings is 1. The van der Waals surface area contributed by atoms with Crippen LogP contribution in [0.3, 0.4) is 0 Å². The van der Waals surface area contributed by atoms with Crippen LogP contribution in [-0.2, 0) is 0 Å². The van der Waals surface area contributed by atoms with E-state index in [0.29, 0.717) is 0 Å². The first kappa shape index (κ1) is 8.28. The Labute approximate surface area is 85.6 Å². The monoisotopic (exact) mass is 184 g/mol. The molecule has 1 aromatic rings. The van der Waals surface area contributed by atoms with Crippen LogP contribution in [0.15, 0.2) is 43.0 Å². The summed E-state index contributed by atoms with van der Waals surface area (Å²) in [6.07, 6.45) is 4.96. The number of hydrogen-bond acceptors (Lipinski definition) is 0. The SMILES string of the molecule is C=C[C@@H]1C[C@H]1C1C[C@H]1c1ccccc1. The third-order valence-electron chi connectivity index (χ3n) is 3.81. The van der Waals surface area contributed by atoms with E-state index in [1.54, 1.807) is 5.56 Å². The highest BCUT2D eigenvalue weighted by Gasteiger charge is 2.52. The summed E-state index contributed by atoms with van der Waals surface area (Å²) >= 11 is 0. The Morgan fingerprint density at radius 1 is 1.07 bits per heavy atom. The van der Waals surface area contributed by atoms with Gasteiger partial charge in [-0.25, -0.2) is 0 Å². The second kappa shape index (κ2) is 2.98. The summed E-state index contributed by atoms with van der Waals surface area (Å²) in [7, 11) is 0. The van der Waals surface area contributed by atoms with Gasteiger partial charge in [-0.15, -0.1) is 6.58 Å². The zero-order chi connectivity index (χ0) is 9.54. The Balaban J connectivity index is 1.67. The van der Waals surface area contributed by atoms with Crippen molar-refractivity contribution in [3.63, 3.8) is 0 Å². The highest BCUT2D eigenvalue weighted by atomic mass is 14.6. The second-order valence-corrected chi connectivity index (χ2v) is 4.72. The van der Waals surface area contributed by atoms with Gasteiger partial charge >= 0.3 is 0 Å². The normalized spacial score (nSPS) is 39.1. The molecule has 0 saturated heterocycles. The van der Waals surface area contributed by atoms with Crippen LogP contribution in [-0.4, -0.2) is 0 Å². The molecule has 4 atom stereocenters. The number of allylic oxidation sites excluding steroid dienone is 1. The van der Waals surface area contributed by atoms with E-state index in [0.717, 1.165) is 23.7 Å². The van der Waals surface area contributed by atoms with E-state index in [1.165, 1.54) is 12.8 Å². The van der Waals surface area contributed by atoms with Crippen LogP contribution >= 0.6 is 0 Å². The van der Waals surface area contributed by atoms with E-state index in [2.05, 4.69) is 43.0 Å². The average molecular weight is 184 g/mol. The van der Waals surface area contributed by atoms with Gasteiger partial charge in [0.2, 0.25) is 0 Å². The summed E-state index contributed by atoms with van der Waals surface area (Å²) in [6, 6.07) is 11.0. The van der Waals surface area contributed by atoms with E-state index < -0.39 is 0 Å². The maximum absolute atomic E-state index is 3.88. The van der Waals surface area contributed by atoms with E-state index in [-0.39, 0.29) is 0 Å². The molecule has 72 valence electrons. The molecule has 1 unspecified atom stereocenters. The molecule has 1 aromatic carbocycles. The van der Waals surface area contributed by atoms with Crippen LogP contribution in [0.5, 0.6) is 0 Å². The van der Waals surface area contributed by atoms with Crippen LogP contribution in [0.25, 0.3) is 0 Å². The van der Waals surface area contributed by atoms with E-state index >= 15 is 0 Å². The van der Waals surface area contributed by atoms with Gasteiger partial charge in [0.05, 0.1) is 0 Å². The lowest BCUT2D eigenvalue weighted by molar-refractivity contribution is 0.659. The third-order valence-corrected chi connectivity index (χ3v) is 3.81. The molecular weight excluding hydrogens is 168 g/mol. The van der Waals surface area contributed by atoms with Crippen molar-refractivity contribution in [1.29, 1.82) is 0 Å². The molecule has 0 bridgehead atoms. The Morgan fingerprint density at radius 2 is 1.86 bits per heavy atom. The highest BCUT2D eigenvalue weighted by Crippen LogP contribution is 2.62.